The summed E-state index contributed by atoms with van der Waals surface area (Å²) in [5, 5.41) is 8.95. The molecule has 5 heteroatoms. The van der Waals surface area contributed by atoms with Gasteiger partial charge in [-0.15, -0.1) is 12.6 Å². The predicted molar refractivity (Wildman–Crippen MR) is 50.1 cm³/mol. The lowest BCUT2D eigenvalue weighted by molar-refractivity contribution is 0.0693. The number of carbonyl (C=O) groups is 1. The lowest BCUT2D eigenvalue weighted by Gasteiger charge is -2.03. The van der Waals surface area contributed by atoms with Crippen LogP contribution < -0.4 is 5.73 Å². The highest BCUT2D eigenvalue weighted by Crippen LogP contribution is 2.25. The lowest BCUT2D eigenvalue weighted by atomic mass is 10.2. The van der Waals surface area contributed by atoms with Gasteiger partial charge in [0.05, 0.1) is 5.56 Å². The highest BCUT2D eigenvalue weighted by molar-refractivity contribution is 7.80. The first-order chi connectivity index (χ1) is 5.52. The van der Waals surface area contributed by atoms with E-state index in [0.29, 0.717) is 5.02 Å². The molecule has 64 valence electrons. The molecule has 1 aromatic rings. The highest BCUT2D eigenvalue weighted by Gasteiger charge is 2.10. The van der Waals surface area contributed by atoms with E-state index in [-0.39, 0.29) is 16.1 Å². The summed E-state index contributed by atoms with van der Waals surface area (Å²) in [5.41, 5.74) is 5.72. The van der Waals surface area contributed by atoms with E-state index >= 15 is 0 Å². The molecule has 0 aromatic heterocycles. The molecule has 0 radical (unpaired) electrons. The van der Waals surface area contributed by atoms with Gasteiger partial charge in [-0.3, -0.25) is 0 Å². The van der Waals surface area contributed by atoms with Crippen LogP contribution >= 0.6 is 24.2 Å². The van der Waals surface area contributed by atoms with Crippen LogP contribution in [0.5, 0.6) is 0 Å². The second-order valence-corrected chi connectivity index (χ2v) is 3.08. The van der Waals surface area contributed by atoms with Gasteiger partial charge in [-0.2, -0.15) is 0 Å². The number of halogens is 1. The Morgan fingerprint density at radius 2 is 2.17 bits per heavy atom. The largest absolute Gasteiger partial charge is 0.478 e. The summed E-state index contributed by atoms with van der Waals surface area (Å²) in [4.78, 5) is 10.8. The fraction of sp³-hybridized carbons (Fsp3) is 0. The van der Waals surface area contributed by atoms with Crippen LogP contribution in [0.25, 0.3) is 0 Å². The Hall–Kier alpha value is -0.870. The smallest absolute Gasteiger partial charge is 0.336 e. The molecule has 1 rings (SSSR count). The molecule has 0 saturated heterocycles. The van der Waals surface area contributed by atoms with Gasteiger partial charge in [-0.05, 0) is 12.1 Å². The summed E-state index contributed by atoms with van der Waals surface area (Å²) in [5.74, 6) is -1.09. The summed E-state index contributed by atoms with van der Waals surface area (Å²) in [6.07, 6.45) is 0. The van der Waals surface area contributed by atoms with Crippen molar-refractivity contribution in [2.45, 2.75) is 4.90 Å². The topological polar surface area (TPSA) is 63.3 Å². The van der Waals surface area contributed by atoms with Crippen LogP contribution in [0, 0.1) is 0 Å². The first-order valence-corrected chi connectivity index (χ1v) is 3.86. The zero-order valence-corrected chi connectivity index (χ0v) is 7.56. The normalized spacial score (nSPS) is 9.83. The van der Waals surface area contributed by atoms with Crippen LogP contribution in [0.1, 0.15) is 10.4 Å². The fourth-order valence-electron chi connectivity index (χ4n) is 0.783. The van der Waals surface area contributed by atoms with Crippen molar-refractivity contribution < 1.29 is 9.90 Å². The second-order valence-electron chi connectivity index (χ2n) is 2.20. The third kappa shape index (κ3) is 1.65. The predicted octanol–water partition coefficient (Wildman–Crippen LogP) is 1.91. The van der Waals surface area contributed by atoms with Gasteiger partial charge in [0.25, 0.3) is 0 Å². The van der Waals surface area contributed by atoms with E-state index in [2.05, 4.69) is 12.6 Å². The minimum absolute atomic E-state index is 0.0170. The van der Waals surface area contributed by atoms with Gasteiger partial charge in [-0.1, -0.05) is 11.6 Å². The van der Waals surface area contributed by atoms with E-state index in [1.54, 1.807) is 0 Å². The summed E-state index contributed by atoms with van der Waals surface area (Å²) >= 11 is 9.52. The minimum Gasteiger partial charge on any atom is -0.478 e. The molecule has 0 spiro atoms. The zero-order chi connectivity index (χ0) is 9.30. The maximum absolute atomic E-state index is 10.6. The minimum atomic E-state index is -1.09. The molecule has 12 heavy (non-hydrogen) atoms. The number of aromatic carboxylic acids is 1. The second kappa shape index (κ2) is 3.25. The van der Waals surface area contributed by atoms with E-state index in [9.17, 15) is 4.79 Å². The number of carboxylic acid groups (broad SMARTS) is 1. The van der Waals surface area contributed by atoms with Crippen molar-refractivity contribution >= 4 is 35.9 Å². The monoisotopic (exact) mass is 203 g/mol. The lowest BCUT2D eigenvalue weighted by Crippen LogP contribution is -2.00. The van der Waals surface area contributed by atoms with Gasteiger partial charge in [0.15, 0.2) is 0 Å². The van der Waals surface area contributed by atoms with E-state index in [1.165, 1.54) is 12.1 Å². The van der Waals surface area contributed by atoms with Gasteiger partial charge in [0, 0.05) is 15.6 Å². The average molecular weight is 204 g/mol. The number of rotatable bonds is 1. The number of anilines is 1. The number of carboxylic acids is 1. The molecule has 0 unspecified atom stereocenters. The van der Waals surface area contributed by atoms with Gasteiger partial charge in [-0.25, -0.2) is 4.79 Å². The van der Waals surface area contributed by atoms with Gasteiger partial charge >= 0.3 is 5.97 Å². The Balaban J connectivity index is 3.37. The molecule has 0 atom stereocenters. The first-order valence-electron chi connectivity index (χ1n) is 3.03. The first kappa shape index (κ1) is 9.22. The number of hydrogen-bond acceptors (Lipinski definition) is 3. The molecule has 3 N–H and O–H groups in total. The number of hydrogen-bond donors (Lipinski definition) is 3. The van der Waals surface area contributed by atoms with Crippen LogP contribution in [0.3, 0.4) is 0 Å². The van der Waals surface area contributed by atoms with Crippen LogP contribution in [0.15, 0.2) is 17.0 Å². The van der Waals surface area contributed by atoms with Crippen molar-refractivity contribution in [1.82, 2.24) is 0 Å². The molecule has 0 fully saturated rings. The van der Waals surface area contributed by atoms with Gasteiger partial charge < -0.3 is 10.8 Å². The summed E-state index contributed by atoms with van der Waals surface area (Å²) in [6.45, 7) is 0. The van der Waals surface area contributed by atoms with E-state index in [1.807, 2.05) is 0 Å². The van der Waals surface area contributed by atoms with Gasteiger partial charge in [0.1, 0.15) is 0 Å². The third-order valence-corrected chi connectivity index (χ3v) is 2.05. The molecular weight excluding hydrogens is 198 g/mol. The van der Waals surface area contributed by atoms with Gasteiger partial charge in [0.2, 0.25) is 0 Å². The Morgan fingerprint density at radius 1 is 1.58 bits per heavy atom. The summed E-state index contributed by atoms with van der Waals surface area (Å²) < 4.78 is 0. The average Bonchev–Trinajstić information content (AvgIpc) is 1.96. The molecule has 0 aliphatic rings. The van der Waals surface area contributed by atoms with Crippen molar-refractivity contribution in [1.29, 1.82) is 0 Å². The van der Waals surface area contributed by atoms with E-state index in [4.69, 9.17) is 22.4 Å². The van der Waals surface area contributed by atoms with Crippen LogP contribution in [0.4, 0.5) is 5.69 Å². The van der Waals surface area contributed by atoms with E-state index < -0.39 is 5.97 Å². The molecule has 0 saturated carbocycles. The molecule has 0 aliphatic heterocycles. The summed E-state index contributed by atoms with van der Waals surface area (Å²) in [7, 11) is 0. The quantitative estimate of drug-likeness (QED) is 0.483. The molecule has 3 nitrogen and oxygen atoms in total. The molecule has 0 heterocycles. The Morgan fingerprint density at radius 3 is 2.67 bits per heavy atom. The van der Waals surface area contributed by atoms with Crippen LogP contribution in [0.2, 0.25) is 5.02 Å². The number of thiol groups is 1. The standard InChI is InChI=1S/C7H6ClNO2S/c8-3-1-4(7(10)11)6(12)5(9)2-3/h1-2,12H,9H2,(H,10,11). The number of nitrogen functional groups attached to an aromatic ring is 1. The Labute approximate surface area is 79.6 Å². The molecule has 0 amide bonds. The van der Waals surface area contributed by atoms with Crippen molar-refractivity contribution in [3.8, 4) is 0 Å². The third-order valence-electron chi connectivity index (χ3n) is 1.33. The maximum Gasteiger partial charge on any atom is 0.336 e. The van der Waals surface area contributed by atoms with Crippen LogP contribution in [-0.2, 0) is 0 Å². The van der Waals surface area contributed by atoms with Crippen molar-refractivity contribution in [2.75, 3.05) is 5.73 Å². The Bertz CT molecular complexity index is 340. The SMILES string of the molecule is Nc1cc(Cl)cc(C(=O)O)c1S. The number of benzene rings is 1. The molecule has 1 aromatic carbocycles. The molecular formula is C7H6ClNO2S. The maximum atomic E-state index is 10.6. The molecule has 0 bridgehead atoms. The van der Waals surface area contributed by atoms with Crippen molar-refractivity contribution in [3.63, 3.8) is 0 Å². The highest BCUT2D eigenvalue weighted by atomic mass is 35.5. The fourth-order valence-corrected chi connectivity index (χ4v) is 1.23. The zero-order valence-electron chi connectivity index (χ0n) is 5.91. The Kier molecular flexibility index (Phi) is 2.49. The summed E-state index contributed by atoms with van der Waals surface area (Å²) in [6, 6.07) is 2.76. The molecule has 0 aliphatic carbocycles. The number of nitrogens with two attached hydrogens (primary N) is 1. The van der Waals surface area contributed by atoms with Crippen molar-refractivity contribution in [2.24, 2.45) is 0 Å². The van der Waals surface area contributed by atoms with E-state index in [0.717, 1.165) is 0 Å². The van der Waals surface area contributed by atoms with Crippen molar-refractivity contribution in [3.05, 3.63) is 22.7 Å². The van der Waals surface area contributed by atoms with Crippen LogP contribution in [-0.4, -0.2) is 11.1 Å².